The molecule has 1 fully saturated rings. The molecule has 1 unspecified atom stereocenters. The molecule has 4 rings (SSSR count). The van der Waals surface area contributed by atoms with Crippen LogP contribution in [0.2, 0.25) is 0 Å². The topological polar surface area (TPSA) is 76.3 Å². The van der Waals surface area contributed by atoms with Crippen LogP contribution in [0, 0.1) is 13.8 Å². The van der Waals surface area contributed by atoms with Crippen molar-refractivity contribution in [3.63, 3.8) is 0 Å². The Morgan fingerprint density at radius 1 is 0.967 bits per heavy atom. The number of carbonyl (C=O) groups is 1. The van der Waals surface area contributed by atoms with Crippen molar-refractivity contribution in [1.29, 1.82) is 0 Å². The van der Waals surface area contributed by atoms with Crippen molar-refractivity contribution in [3.8, 4) is 5.82 Å². The monoisotopic (exact) mass is 406 g/mol. The first-order valence-electron chi connectivity index (χ1n) is 10.2. The van der Waals surface area contributed by atoms with Crippen molar-refractivity contribution in [3.05, 3.63) is 70.3 Å². The second kappa shape index (κ2) is 8.14. The Balaban J connectivity index is 1.50. The Kier molecular flexibility index (Phi) is 5.39. The summed E-state index contributed by atoms with van der Waals surface area (Å²) in [4.78, 5) is 29.6. The Hall–Kier alpha value is -3.42. The summed E-state index contributed by atoms with van der Waals surface area (Å²) in [5.74, 6) is 0.427. The first-order chi connectivity index (χ1) is 14.4. The van der Waals surface area contributed by atoms with Crippen LogP contribution < -0.4 is 10.5 Å². The predicted molar refractivity (Wildman–Crippen MR) is 115 cm³/mol. The van der Waals surface area contributed by atoms with Gasteiger partial charge in [-0.05, 0) is 45.0 Å². The molecular weight excluding hydrogens is 380 g/mol. The van der Waals surface area contributed by atoms with E-state index in [9.17, 15) is 9.59 Å². The number of benzene rings is 1. The molecule has 0 saturated carbocycles. The summed E-state index contributed by atoms with van der Waals surface area (Å²) >= 11 is 0. The lowest BCUT2D eigenvalue weighted by Gasteiger charge is -2.37. The van der Waals surface area contributed by atoms with Gasteiger partial charge in [-0.15, -0.1) is 5.10 Å². The molecule has 1 saturated heterocycles. The van der Waals surface area contributed by atoms with Gasteiger partial charge in [-0.2, -0.15) is 5.10 Å². The van der Waals surface area contributed by atoms with Gasteiger partial charge in [0.25, 0.3) is 5.56 Å². The van der Waals surface area contributed by atoms with Crippen LogP contribution in [-0.4, -0.2) is 56.5 Å². The van der Waals surface area contributed by atoms with E-state index in [0.717, 1.165) is 30.2 Å². The van der Waals surface area contributed by atoms with Gasteiger partial charge in [0.1, 0.15) is 6.04 Å². The van der Waals surface area contributed by atoms with Gasteiger partial charge >= 0.3 is 0 Å². The van der Waals surface area contributed by atoms with Gasteiger partial charge in [-0.1, -0.05) is 18.2 Å². The normalized spacial score (nSPS) is 15.3. The molecule has 0 radical (unpaired) electrons. The third-order valence-electron chi connectivity index (χ3n) is 5.47. The minimum absolute atomic E-state index is 0.0946. The zero-order chi connectivity index (χ0) is 21.3. The average Bonchev–Trinajstić information content (AvgIpc) is 3.11. The van der Waals surface area contributed by atoms with E-state index < -0.39 is 6.04 Å². The molecule has 1 atom stereocenters. The SMILES string of the molecule is Cc1cc(C)n(-c2ccc(=O)n(C(C)C(=O)N3CCN(c4ccccc4)CC3)n2)n1. The number of hydrogen-bond donors (Lipinski definition) is 0. The van der Waals surface area contributed by atoms with E-state index in [1.807, 2.05) is 43.0 Å². The predicted octanol–water partition coefficient (Wildman–Crippen LogP) is 1.96. The second-order valence-corrected chi connectivity index (χ2v) is 7.64. The summed E-state index contributed by atoms with van der Waals surface area (Å²) < 4.78 is 2.94. The van der Waals surface area contributed by atoms with Crippen molar-refractivity contribution in [2.45, 2.75) is 26.8 Å². The van der Waals surface area contributed by atoms with Crippen molar-refractivity contribution in [2.24, 2.45) is 0 Å². The molecule has 30 heavy (non-hydrogen) atoms. The number of nitrogens with zero attached hydrogens (tertiary/aromatic N) is 6. The summed E-state index contributed by atoms with van der Waals surface area (Å²) in [6, 6.07) is 14.5. The maximum atomic E-state index is 13.1. The van der Waals surface area contributed by atoms with Crippen LogP contribution >= 0.6 is 0 Å². The smallest absolute Gasteiger partial charge is 0.267 e. The second-order valence-electron chi connectivity index (χ2n) is 7.64. The molecule has 3 heterocycles. The molecule has 1 amide bonds. The first kappa shape index (κ1) is 19.9. The van der Waals surface area contributed by atoms with Crippen LogP contribution in [0.5, 0.6) is 0 Å². The van der Waals surface area contributed by atoms with Crippen molar-refractivity contribution in [2.75, 3.05) is 31.1 Å². The van der Waals surface area contributed by atoms with Crippen LogP contribution in [0.4, 0.5) is 5.69 Å². The Labute approximate surface area is 175 Å². The Morgan fingerprint density at radius 2 is 1.67 bits per heavy atom. The number of carbonyl (C=O) groups excluding carboxylic acids is 1. The first-order valence-corrected chi connectivity index (χ1v) is 10.2. The maximum Gasteiger partial charge on any atom is 0.267 e. The molecule has 0 bridgehead atoms. The number of rotatable bonds is 4. The van der Waals surface area contributed by atoms with Gasteiger partial charge in [0.15, 0.2) is 5.82 Å². The van der Waals surface area contributed by atoms with Crippen molar-refractivity contribution >= 4 is 11.6 Å². The molecule has 8 heteroatoms. The molecule has 0 N–H and O–H groups in total. The number of anilines is 1. The summed E-state index contributed by atoms with van der Waals surface area (Å²) in [7, 11) is 0. The highest BCUT2D eigenvalue weighted by atomic mass is 16.2. The molecule has 1 aromatic carbocycles. The molecule has 3 aromatic rings. The molecule has 2 aromatic heterocycles. The standard InChI is InChI=1S/C22H26N6O2/c1-16-15-17(2)27(23-16)20-9-10-21(29)28(24-20)18(3)22(30)26-13-11-25(12-14-26)19-7-5-4-6-8-19/h4-10,15,18H,11-14H2,1-3H3. The van der Waals surface area contributed by atoms with Gasteiger partial charge < -0.3 is 9.80 Å². The highest BCUT2D eigenvalue weighted by Crippen LogP contribution is 2.17. The van der Waals surface area contributed by atoms with Crippen LogP contribution in [0.25, 0.3) is 5.82 Å². The largest absolute Gasteiger partial charge is 0.368 e. The van der Waals surface area contributed by atoms with Crippen LogP contribution in [0.1, 0.15) is 24.4 Å². The quantitative estimate of drug-likeness (QED) is 0.662. The average molecular weight is 406 g/mol. The third-order valence-corrected chi connectivity index (χ3v) is 5.47. The fourth-order valence-electron chi connectivity index (χ4n) is 3.86. The Bertz CT molecular complexity index is 1100. The summed E-state index contributed by atoms with van der Waals surface area (Å²) in [5.41, 5.74) is 2.64. The summed E-state index contributed by atoms with van der Waals surface area (Å²) in [6.07, 6.45) is 0. The van der Waals surface area contributed by atoms with Crippen LogP contribution in [0.15, 0.2) is 53.3 Å². The van der Waals surface area contributed by atoms with Crippen LogP contribution in [-0.2, 0) is 4.79 Å². The van der Waals surface area contributed by atoms with E-state index in [1.165, 1.54) is 10.7 Å². The lowest BCUT2D eigenvalue weighted by molar-refractivity contribution is -0.135. The van der Waals surface area contributed by atoms with Gasteiger partial charge in [-0.25, -0.2) is 9.36 Å². The van der Waals surface area contributed by atoms with E-state index in [2.05, 4.69) is 27.2 Å². The number of hydrogen-bond acceptors (Lipinski definition) is 5. The molecular formula is C22H26N6O2. The zero-order valence-corrected chi connectivity index (χ0v) is 17.5. The van der Waals surface area contributed by atoms with E-state index in [1.54, 1.807) is 17.7 Å². The lowest BCUT2D eigenvalue weighted by Crippen LogP contribution is -2.51. The summed E-state index contributed by atoms with van der Waals surface area (Å²) in [5, 5.41) is 8.86. The van der Waals surface area contributed by atoms with E-state index in [-0.39, 0.29) is 11.5 Å². The Morgan fingerprint density at radius 3 is 2.30 bits per heavy atom. The molecule has 156 valence electrons. The van der Waals surface area contributed by atoms with E-state index in [0.29, 0.717) is 18.9 Å². The highest BCUT2D eigenvalue weighted by molar-refractivity contribution is 5.80. The summed E-state index contributed by atoms with van der Waals surface area (Å²) in [6.45, 7) is 8.31. The number of aryl methyl sites for hydroxylation is 2. The van der Waals surface area contributed by atoms with Gasteiger partial charge in [0.05, 0.1) is 5.69 Å². The van der Waals surface area contributed by atoms with E-state index >= 15 is 0 Å². The van der Waals surface area contributed by atoms with E-state index in [4.69, 9.17) is 0 Å². The molecule has 8 nitrogen and oxygen atoms in total. The van der Waals surface area contributed by atoms with Crippen molar-refractivity contribution < 1.29 is 4.79 Å². The number of para-hydroxylation sites is 1. The number of aromatic nitrogens is 4. The lowest BCUT2D eigenvalue weighted by atomic mass is 10.2. The zero-order valence-electron chi connectivity index (χ0n) is 17.5. The van der Waals surface area contributed by atoms with Gasteiger partial charge in [-0.3, -0.25) is 9.59 Å². The van der Waals surface area contributed by atoms with Crippen LogP contribution in [0.3, 0.4) is 0 Å². The maximum absolute atomic E-state index is 13.1. The van der Waals surface area contributed by atoms with Crippen molar-refractivity contribution in [1.82, 2.24) is 24.5 Å². The molecule has 1 aliphatic heterocycles. The molecule has 0 spiro atoms. The highest BCUT2D eigenvalue weighted by Gasteiger charge is 2.27. The molecule has 0 aliphatic carbocycles. The molecule has 1 aliphatic rings. The number of piperazine rings is 1. The fourth-order valence-corrected chi connectivity index (χ4v) is 3.86. The van der Waals surface area contributed by atoms with Gasteiger partial charge in [0.2, 0.25) is 5.91 Å². The minimum atomic E-state index is -0.683. The minimum Gasteiger partial charge on any atom is -0.368 e. The third kappa shape index (κ3) is 3.85. The number of amides is 1. The fraction of sp³-hybridized carbons (Fsp3) is 0.364. The van der Waals surface area contributed by atoms with Gasteiger partial charge in [0, 0.05) is 43.6 Å².